The molecule has 3 heteroatoms. The lowest BCUT2D eigenvalue weighted by Crippen LogP contribution is -1.90. The van der Waals surface area contributed by atoms with Crippen molar-refractivity contribution in [3.63, 3.8) is 0 Å². The van der Waals surface area contributed by atoms with Crippen molar-refractivity contribution in [2.24, 2.45) is 0 Å². The Labute approximate surface area is 70.5 Å². The van der Waals surface area contributed by atoms with Gasteiger partial charge in [0, 0.05) is 6.20 Å². The maximum Gasteiger partial charge on any atom is 0.146 e. The number of ether oxygens (including phenoxy) is 1. The van der Waals surface area contributed by atoms with Gasteiger partial charge in [-0.1, -0.05) is 18.2 Å². The summed E-state index contributed by atoms with van der Waals surface area (Å²) in [6.07, 6.45) is 1.64. The summed E-state index contributed by atoms with van der Waals surface area (Å²) in [6, 6.07) is 3.57. The van der Waals surface area contributed by atoms with E-state index in [9.17, 15) is 0 Å². The molecule has 0 saturated heterocycles. The highest BCUT2D eigenvalue weighted by molar-refractivity contribution is 6.48. The summed E-state index contributed by atoms with van der Waals surface area (Å²) in [6.45, 7) is 3.56. The number of aromatic nitrogens is 1. The molecule has 0 amide bonds. The molecule has 0 radical (unpaired) electrons. The summed E-state index contributed by atoms with van der Waals surface area (Å²) in [5.41, 5.74) is 0.594. The topological polar surface area (TPSA) is 22.1 Å². The largest absolute Gasteiger partial charge is 0.494 e. The van der Waals surface area contributed by atoms with E-state index < -0.39 is 0 Å². The van der Waals surface area contributed by atoms with E-state index in [4.69, 9.17) is 16.3 Å². The van der Waals surface area contributed by atoms with Gasteiger partial charge in [-0.15, -0.1) is 0 Å². The van der Waals surface area contributed by atoms with E-state index >= 15 is 0 Å². The van der Waals surface area contributed by atoms with Crippen LogP contribution in [0.25, 0.3) is 5.03 Å². The molecule has 0 aliphatic heterocycles. The van der Waals surface area contributed by atoms with Crippen LogP contribution in [0.1, 0.15) is 5.69 Å². The van der Waals surface area contributed by atoms with Gasteiger partial charge in [-0.2, -0.15) is 0 Å². The first kappa shape index (κ1) is 8.08. The van der Waals surface area contributed by atoms with Crippen molar-refractivity contribution in [3.05, 3.63) is 30.6 Å². The number of hydrogen-bond donors (Lipinski definition) is 0. The number of halogens is 1. The maximum atomic E-state index is 5.65. The van der Waals surface area contributed by atoms with Crippen molar-refractivity contribution in [1.29, 1.82) is 0 Å². The lowest BCUT2D eigenvalue weighted by atomic mass is 10.3. The summed E-state index contributed by atoms with van der Waals surface area (Å²) in [5, 5.41) is 0.391. The van der Waals surface area contributed by atoms with E-state index in [-0.39, 0.29) is 0 Å². The fourth-order valence-corrected chi connectivity index (χ4v) is 0.901. The molecule has 0 N–H and O–H groups in total. The molecule has 1 aromatic rings. The summed E-state index contributed by atoms with van der Waals surface area (Å²) in [4.78, 5) is 3.99. The van der Waals surface area contributed by atoms with Crippen molar-refractivity contribution >= 4 is 16.6 Å². The molecule has 0 spiro atoms. The summed E-state index contributed by atoms with van der Waals surface area (Å²) >= 11 is 5.65. The SMILES string of the molecule is C=C(Cl)c1ncccc1OC. The van der Waals surface area contributed by atoms with Crippen molar-refractivity contribution in [1.82, 2.24) is 4.98 Å². The zero-order valence-electron chi connectivity index (χ0n) is 6.17. The van der Waals surface area contributed by atoms with Gasteiger partial charge in [0.15, 0.2) is 0 Å². The van der Waals surface area contributed by atoms with E-state index in [0.29, 0.717) is 16.5 Å². The van der Waals surface area contributed by atoms with Crippen LogP contribution < -0.4 is 4.74 Å². The number of pyridine rings is 1. The Hall–Kier alpha value is -1.02. The molecule has 0 unspecified atom stereocenters. The van der Waals surface area contributed by atoms with Crippen molar-refractivity contribution in [2.45, 2.75) is 0 Å². The van der Waals surface area contributed by atoms with Crippen molar-refractivity contribution in [3.8, 4) is 5.75 Å². The van der Waals surface area contributed by atoms with Gasteiger partial charge in [0.05, 0.1) is 12.1 Å². The Balaban J connectivity index is 3.12. The lowest BCUT2D eigenvalue weighted by Gasteiger charge is -2.03. The molecule has 2 nitrogen and oxygen atoms in total. The first-order valence-corrected chi connectivity index (χ1v) is 3.47. The molecule has 11 heavy (non-hydrogen) atoms. The summed E-state index contributed by atoms with van der Waals surface area (Å²) in [5.74, 6) is 0.646. The zero-order valence-corrected chi connectivity index (χ0v) is 6.93. The summed E-state index contributed by atoms with van der Waals surface area (Å²) < 4.78 is 5.00. The first-order valence-electron chi connectivity index (χ1n) is 3.09. The van der Waals surface area contributed by atoms with Crippen LogP contribution in [0.4, 0.5) is 0 Å². The second-order valence-electron chi connectivity index (χ2n) is 1.96. The van der Waals surface area contributed by atoms with Gasteiger partial charge in [-0.25, -0.2) is 0 Å². The quantitative estimate of drug-likeness (QED) is 0.678. The van der Waals surface area contributed by atoms with Crippen LogP contribution in [0.3, 0.4) is 0 Å². The fourth-order valence-electron chi connectivity index (χ4n) is 0.759. The molecule has 0 aliphatic rings. The Morgan fingerprint density at radius 2 is 2.45 bits per heavy atom. The van der Waals surface area contributed by atoms with E-state index in [1.807, 2.05) is 0 Å². The Morgan fingerprint density at radius 1 is 1.73 bits per heavy atom. The molecule has 0 aliphatic carbocycles. The second kappa shape index (κ2) is 3.39. The average molecular weight is 170 g/mol. The number of methoxy groups -OCH3 is 1. The minimum absolute atomic E-state index is 0.391. The Bertz CT molecular complexity index is 273. The van der Waals surface area contributed by atoms with Gasteiger partial charge < -0.3 is 4.74 Å². The molecular weight excluding hydrogens is 162 g/mol. The van der Waals surface area contributed by atoms with Gasteiger partial charge >= 0.3 is 0 Å². The third-order valence-electron chi connectivity index (χ3n) is 1.25. The molecule has 58 valence electrons. The van der Waals surface area contributed by atoms with Crippen LogP contribution in [-0.2, 0) is 0 Å². The number of rotatable bonds is 2. The molecule has 0 bridgehead atoms. The monoisotopic (exact) mass is 169 g/mol. The van der Waals surface area contributed by atoms with Crippen LogP contribution >= 0.6 is 11.6 Å². The van der Waals surface area contributed by atoms with Gasteiger partial charge in [0.1, 0.15) is 11.4 Å². The minimum atomic E-state index is 0.391. The molecule has 0 fully saturated rings. The van der Waals surface area contributed by atoms with Crippen molar-refractivity contribution < 1.29 is 4.74 Å². The van der Waals surface area contributed by atoms with E-state index in [2.05, 4.69) is 11.6 Å². The number of hydrogen-bond acceptors (Lipinski definition) is 2. The van der Waals surface area contributed by atoms with E-state index in [1.54, 1.807) is 25.4 Å². The molecule has 0 saturated carbocycles. The van der Waals surface area contributed by atoms with Crippen LogP contribution in [0, 0.1) is 0 Å². The average Bonchev–Trinajstić information content (AvgIpc) is 2.04. The maximum absolute atomic E-state index is 5.65. The highest BCUT2D eigenvalue weighted by atomic mass is 35.5. The van der Waals surface area contributed by atoms with Crippen LogP contribution in [0.5, 0.6) is 5.75 Å². The first-order chi connectivity index (χ1) is 5.25. The normalized spacial score (nSPS) is 9.27. The van der Waals surface area contributed by atoms with Crippen LogP contribution in [0.15, 0.2) is 24.9 Å². The highest BCUT2D eigenvalue weighted by Crippen LogP contribution is 2.23. The molecule has 0 aromatic carbocycles. The standard InChI is InChI=1S/C8H8ClNO/c1-6(9)8-7(11-2)4-3-5-10-8/h3-5H,1H2,2H3. The van der Waals surface area contributed by atoms with Crippen molar-refractivity contribution in [2.75, 3.05) is 7.11 Å². The zero-order chi connectivity index (χ0) is 8.27. The predicted molar refractivity (Wildman–Crippen MR) is 45.7 cm³/mol. The van der Waals surface area contributed by atoms with Crippen LogP contribution in [0.2, 0.25) is 0 Å². The molecule has 1 heterocycles. The van der Waals surface area contributed by atoms with Crippen LogP contribution in [-0.4, -0.2) is 12.1 Å². The Morgan fingerprint density at radius 3 is 2.91 bits per heavy atom. The third-order valence-corrected chi connectivity index (χ3v) is 1.43. The summed E-state index contributed by atoms with van der Waals surface area (Å²) in [7, 11) is 1.57. The highest BCUT2D eigenvalue weighted by Gasteiger charge is 2.03. The van der Waals surface area contributed by atoms with Gasteiger partial charge in [0.25, 0.3) is 0 Å². The number of nitrogens with zero attached hydrogens (tertiary/aromatic N) is 1. The Kier molecular flexibility index (Phi) is 2.49. The van der Waals surface area contributed by atoms with Gasteiger partial charge in [-0.05, 0) is 12.1 Å². The fraction of sp³-hybridized carbons (Fsp3) is 0.125. The smallest absolute Gasteiger partial charge is 0.146 e. The third kappa shape index (κ3) is 1.71. The molecule has 1 aromatic heterocycles. The predicted octanol–water partition coefficient (Wildman–Crippen LogP) is 2.30. The molecule has 1 rings (SSSR count). The lowest BCUT2D eigenvalue weighted by molar-refractivity contribution is 0.411. The minimum Gasteiger partial charge on any atom is -0.494 e. The molecule has 0 atom stereocenters. The van der Waals surface area contributed by atoms with E-state index in [0.717, 1.165) is 0 Å². The van der Waals surface area contributed by atoms with Gasteiger partial charge in [0.2, 0.25) is 0 Å². The second-order valence-corrected chi connectivity index (χ2v) is 2.42. The molecular formula is C8H8ClNO. The van der Waals surface area contributed by atoms with Gasteiger partial charge in [-0.3, -0.25) is 4.98 Å². The van der Waals surface area contributed by atoms with E-state index in [1.165, 1.54) is 0 Å².